The summed E-state index contributed by atoms with van der Waals surface area (Å²) < 4.78 is 0. The van der Waals surface area contributed by atoms with Gasteiger partial charge in [0.15, 0.2) is 0 Å². The molecule has 96 valence electrons. The lowest BCUT2D eigenvalue weighted by Crippen LogP contribution is -2.11. The number of hydrogen-bond acceptors (Lipinski definition) is 2. The molecule has 0 radical (unpaired) electrons. The Balaban J connectivity index is 1.88. The molecule has 4 rings (SSSR count). The van der Waals surface area contributed by atoms with E-state index in [0.717, 1.165) is 28.2 Å². The number of nitrogens with one attached hydrogen (secondary N) is 2. The van der Waals surface area contributed by atoms with Crippen LogP contribution in [0.1, 0.15) is 11.1 Å². The summed E-state index contributed by atoms with van der Waals surface area (Å²) in [6.07, 6.45) is 3.99. The van der Waals surface area contributed by atoms with Gasteiger partial charge in [-0.3, -0.25) is 4.79 Å². The van der Waals surface area contributed by atoms with E-state index >= 15 is 0 Å². The van der Waals surface area contributed by atoms with Gasteiger partial charge in [0.1, 0.15) is 0 Å². The van der Waals surface area contributed by atoms with Gasteiger partial charge in [0.25, 0.3) is 5.91 Å². The monoisotopic (exact) mass is 260 g/mol. The van der Waals surface area contributed by atoms with Crippen molar-refractivity contribution in [2.24, 2.45) is 0 Å². The molecule has 0 aromatic heterocycles. The van der Waals surface area contributed by atoms with Crippen LogP contribution >= 0.6 is 0 Å². The largest absolute Gasteiger partial charge is 0.354 e. The first-order valence-corrected chi connectivity index (χ1v) is 6.52. The molecule has 0 atom stereocenters. The second kappa shape index (κ2) is 4.10. The van der Waals surface area contributed by atoms with E-state index in [2.05, 4.69) is 10.6 Å². The van der Waals surface area contributed by atoms with Crippen LogP contribution in [0.4, 0.5) is 11.4 Å². The van der Waals surface area contributed by atoms with Crippen LogP contribution < -0.4 is 10.6 Å². The maximum absolute atomic E-state index is 12.2. The SMILES string of the molecule is O=C1Nc2ccccc2/C1=C1\C=Cc2ccccc2N1. The quantitative estimate of drug-likeness (QED) is 0.712. The third-order valence-electron chi connectivity index (χ3n) is 3.60. The number of carbonyl (C=O) groups excluding carboxylic acids is 1. The first kappa shape index (κ1) is 11.1. The Morgan fingerprint density at radius 1 is 0.750 bits per heavy atom. The van der Waals surface area contributed by atoms with Gasteiger partial charge in [-0.25, -0.2) is 0 Å². The Morgan fingerprint density at radius 3 is 2.40 bits per heavy atom. The van der Waals surface area contributed by atoms with Gasteiger partial charge in [0, 0.05) is 16.9 Å². The molecular weight excluding hydrogens is 248 g/mol. The van der Waals surface area contributed by atoms with E-state index in [1.807, 2.05) is 60.7 Å². The van der Waals surface area contributed by atoms with Crippen molar-refractivity contribution in [3.05, 3.63) is 71.4 Å². The molecular formula is C17H12N2O. The van der Waals surface area contributed by atoms with Crippen molar-refractivity contribution in [3.8, 4) is 0 Å². The lowest BCUT2D eigenvalue weighted by molar-refractivity contribution is -0.110. The third kappa shape index (κ3) is 1.57. The first-order valence-electron chi connectivity index (χ1n) is 6.52. The molecule has 0 fully saturated rings. The number of benzene rings is 2. The van der Waals surface area contributed by atoms with E-state index in [1.54, 1.807) is 0 Å². The summed E-state index contributed by atoms with van der Waals surface area (Å²) in [7, 11) is 0. The number of anilines is 2. The van der Waals surface area contributed by atoms with E-state index in [9.17, 15) is 4.79 Å². The van der Waals surface area contributed by atoms with Gasteiger partial charge in [-0.15, -0.1) is 0 Å². The zero-order valence-corrected chi connectivity index (χ0v) is 10.7. The maximum Gasteiger partial charge on any atom is 0.258 e. The van der Waals surface area contributed by atoms with Crippen molar-refractivity contribution in [2.45, 2.75) is 0 Å². The highest BCUT2D eigenvalue weighted by Gasteiger charge is 2.27. The Kier molecular flexibility index (Phi) is 2.27. The highest BCUT2D eigenvalue weighted by Crippen LogP contribution is 2.36. The highest BCUT2D eigenvalue weighted by atomic mass is 16.2. The van der Waals surface area contributed by atoms with Crippen LogP contribution in [0.3, 0.4) is 0 Å². The predicted molar refractivity (Wildman–Crippen MR) is 81.1 cm³/mol. The summed E-state index contributed by atoms with van der Waals surface area (Å²) in [5, 5.41) is 6.24. The molecule has 0 spiro atoms. The van der Waals surface area contributed by atoms with Crippen molar-refractivity contribution < 1.29 is 4.79 Å². The molecule has 0 unspecified atom stereocenters. The summed E-state index contributed by atoms with van der Waals surface area (Å²) in [5.74, 6) is -0.0577. The van der Waals surface area contributed by atoms with E-state index < -0.39 is 0 Å². The maximum atomic E-state index is 12.2. The van der Waals surface area contributed by atoms with Crippen LogP contribution in [-0.4, -0.2) is 5.91 Å². The van der Waals surface area contributed by atoms with Crippen molar-refractivity contribution in [3.63, 3.8) is 0 Å². The number of rotatable bonds is 0. The van der Waals surface area contributed by atoms with E-state index in [1.165, 1.54) is 0 Å². The Labute approximate surface area is 116 Å². The first-order chi connectivity index (χ1) is 9.83. The minimum Gasteiger partial charge on any atom is -0.354 e. The van der Waals surface area contributed by atoms with Crippen LogP contribution in [0, 0.1) is 0 Å². The predicted octanol–water partition coefficient (Wildman–Crippen LogP) is 3.49. The van der Waals surface area contributed by atoms with Gasteiger partial charge in [-0.1, -0.05) is 42.5 Å². The number of amides is 1. The molecule has 0 aliphatic carbocycles. The Morgan fingerprint density at radius 2 is 1.50 bits per heavy atom. The standard InChI is InChI=1S/C17H12N2O/c20-17-16(12-6-2-4-8-14(12)19-17)15-10-9-11-5-1-3-7-13(11)18-15/h1-10,18H,(H,19,20)/b16-15-. The van der Waals surface area contributed by atoms with E-state index in [4.69, 9.17) is 0 Å². The average molecular weight is 260 g/mol. The molecule has 1 amide bonds. The minimum atomic E-state index is -0.0577. The molecule has 2 aliphatic rings. The van der Waals surface area contributed by atoms with Gasteiger partial charge in [-0.2, -0.15) is 0 Å². The zero-order valence-electron chi connectivity index (χ0n) is 10.7. The second-order valence-corrected chi connectivity index (χ2v) is 4.83. The molecule has 3 heteroatoms. The minimum absolute atomic E-state index is 0.0577. The van der Waals surface area contributed by atoms with Crippen molar-refractivity contribution >= 4 is 28.9 Å². The van der Waals surface area contributed by atoms with Crippen molar-refractivity contribution in [1.29, 1.82) is 0 Å². The molecule has 2 aromatic rings. The fraction of sp³-hybridized carbons (Fsp3) is 0. The van der Waals surface area contributed by atoms with Crippen LogP contribution in [0.25, 0.3) is 11.6 Å². The molecule has 0 saturated heterocycles. The van der Waals surface area contributed by atoms with Gasteiger partial charge in [0.05, 0.1) is 11.3 Å². The van der Waals surface area contributed by atoms with Crippen LogP contribution in [0.2, 0.25) is 0 Å². The lowest BCUT2D eigenvalue weighted by Gasteiger charge is -2.17. The summed E-state index contributed by atoms with van der Waals surface area (Å²) >= 11 is 0. The van der Waals surface area contributed by atoms with Gasteiger partial charge < -0.3 is 10.6 Å². The zero-order chi connectivity index (χ0) is 13.5. The molecule has 0 bridgehead atoms. The van der Waals surface area contributed by atoms with E-state index in [0.29, 0.717) is 5.57 Å². The molecule has 3 nitrogen and oxygen atoms in total. The normalized spacial score (nSPS) is 19.1. The van der Waals surface area contributed by atoms with Crippen molar-refractivity contribution in [2.75, 3.05) is 10.6 Å². The fourth-order valence-electron chi connectivity index (χ4n) is 2.65. The average Bonchev–Trinajstić information content (AvgIpc) is 2.82. The van der Waals surface area contributed by atoms with Gasteiger partial charge in [0.2, 0.25) is 0 Å². The highest BCUT2D eigenvalue weighted by molar-refractivity contribution is 6.33. The summed E-state index contributed by atoms with van der Waals surface area (Å²) in [5.41, 5.74) is 5.51. The molecule has 20 heavy (non-hydrogen) atoms. The van der Waals surface area contributed by atoms with Gasteiger partial charge >= 0.3 is 0 Å². The number of allylic oxidation sites excluding steroid dienone is 1. The molecule has 2 N–H and O–H groups in total. The summed E-state index contributed by atoms with van der Waals surface area (Å²) in [4.78, 5) is 12.2. The topological polar surface area (TPSA) is 41.1 Å². The molecule has 0 saturated carbocycles. The fourth-order valence-corrected chi connectivity index (χ4v) is 2.65. The van der Waals surface area contributed by atoms with Crippen molar-refractivity contribution in [1.82, 2.24) is 0 Å². The summed E-state index contributed by atoms with van der Waals surface area (Å²) in [6, 6.07) is 15.8. The van der Waals surface area contributed by atoms with Crippen LogP contribution in [0.5, 0.6) is 0 Å². The van der Waals surface area contributed by atoms with Crippen LogP contribution in [-0.2, 0) is 4.79 Å². The Hall–Kier alpha value is -2.81. The lowest BCUT2D eigenvalue weighted by atomic mass is 10.0. The number of carbonyl (C=O) groups is 1. The number of hydrogen-bond donors (Lipinski definition) is 2. The smallest absolute Gasteiger partial charge is 0.258 e. The number of fused-ring (bicyclic) bond motifs is 2. The van der Waals surface area contributed by atoms with Gasteiger partial charge in [-0.05, 0) is 23.8 Å². The summed E-state index contributed by atoms with van der Waals surface area (Å²) in [6.45, 7) is 0. The number of para-hydroxylation sites is 2. The van der Waals surface area contributed by atoms with E-state index in [-0.39, 0.29) is 5.91 Å². The second-order valence-electron chi connectivity index (χ2n) is 4.83. The molecule has 2 aliphatic heterocycles. The molecule has 2 heterocycles. The third-order valence-corrected chi connectivity index (χ3v) is 3.60. The Bertz CT molecular complexity index is 787. The van der Waals surface area contributed by atoms with Crippen LogP contribution in [0.15, 0.2) is 60.3 Å². The molecule has 2 aromatic carbocycles.